The van der Waals surface area contributed by atoms with E-state index in [0.29, 0.717) is 5.92 Å². The van der Waals surface area contributed by atoms with Crippen molar-refractivity contribution in [3.8, 4) is 11.1 Å². The molecule has 0 saturated heterocycles. The highest BCUT2D eigenvalue weighted by Gasteiger charge is 2.57. The Bertz CT molecular complexity index is 958. The van der Waals surface area contributed by atoms with E-state index in [1.807, 2.05) is 0 Å². The highest BCUT2D eigenvalue weighted by molar-refractivity contribution is 9.09. The Morgan fingerprint density at radius 3 is 2.03 bits per heavy atom. The Labute approximate surface area is 203 Å². The van der Waals surface area contributed by atoms with Crippen LogP contribution in [0, 0.1) is 46.8 Å². The number of rotatable bonds is 2. The number of alkyl halides is 1. The minimum absolute atomic E-state index is 0.260. The Morgan fingerprint density at radius 2 is 1.38 bits per heavy atom. The first-order valence-corrected chi connectivity index (χ1v) is 14.1. The van der Waals surface area contributed by atoms with E-state index in [4.69, 9.17) is 0 Å². The van der Waals surface area contributed by atoms with Gasteiger partial charge < -0.3 is 0 Å². The maximum absolute atomic E-state index is 4.00. The van der Waals surface area contributed by atoms with Crippen LogP contribution in [0.2, 0.25) is 0 Å². The predicted molar refractivity (Wildman–Crippen MR) is 139 cm³/mol. The summed E-state index contributed by atoms with van der Waals surface area (Å²) in [6.45, 7) is 10.5. The van der Waals surface area contributed by atoms with Crippen molar-refractivity contribution >= 4 is 15.9 Å². The second-order valence-corrected chi connectivity index (χ2v) is 13.7. The molecule has 3 fully saturated rings. The number of fused-ring (bicyclic) bond motifs is 5. The predicted octanol–water partition coefficient (Wildman–Crippen LogP) is 8.93. The molecular formula is C31H39Br. The van der Waals surface area contributed by atoms with Crippen molar-refractivity contribution in [1.29, 1.82) is 0 Å². The van der Waals surface area contributed by atoms with Gasteiger partial charge in [0.05, 0.1) is 0 Å². The summed E-state index contributed by atoms with van der Waals surface area (Å²) < 4.78 is 0. The first-order valence-electron chi connectivity index (χ1n) is 13.2. The average Bonchev–Trinajstić information content (AvgIpc) is 3.29. The normalized spacial score (nSPS) is 38.7. The fourth-order valence-electron chi connectivity index (χ4n) is 9.66. The molecule has 170 valence electrons. The molecule has 0 nitrogen and oxygen atoms in total. The molecule has 1 heteroatoms. The van der Waals surface area contributed by atoms with Gasteiger partial charge in [-0.3, -0.25) is 0 Å². The molecule has 0 spiro atoms. The lowest BCUT2D eigenvalue weighted by Crippen LogP contribution is -2.44. The summed E-state index contributed by atoms with van der Waals surface area (Å²) in [6.07, 6.45) is 7.20. The highest BCUT2D eigenvalue weighted by atomic mass is 79.9. The van der Waals surface area contributed by atoms with E-state index in [2.05, 4.69) is 92.2 Å². The molecule has 0 aliphatic heterocycles. The monoisotopic (exact) mass is 490 g/mol. The van der Waals surface area contributed by atoms with E-state index in [-0.39, 0.29) is 5.41 Å². The van der Waals surface area contributed by atoms with E-state index in [0.717, 1.165) is 46.3 Å². The molecule has 32 heavy (non-hydrogen) atoms. The zero-order chi connectivity index (χ0) is 22.2. The third kappa shape index (κ3) is 3.05. The molecule has 8 atom stereocenters. The molecule has 0 amide bonds. The van der Waals surface area contributed by atoms with Gasteiger partial charge in [-0.2, -0.15) is 0 Å². The molecule has 0 radical (unpaired) electrons. The van der Waals surface area contributed by atoms with Crippen molar-refractivity contribution < 1.29 is 0 Å². The minimum atomic E-state index is 0.260. The molecule has 0 heterocycles. The van der Waals surface area contributed by atoms with Gasteiger partial charge in [0, 0.05) is 10.7 Å². The van der Waals surface area contributed by atoms with Crippen LogP contribution >= 0.6 is 15.9 Å². The maximum atomic E-state index is 4.00. The summed E-state index contributed by atoms with van der Waals surface area (Å²) in [7, 11) is 0. The summed E-state index contributed by atoms with van der Waals surface area (Å²) in [5.41, 5.74) is 6.38. The summed E-state index contributed by atoms with van der Waals surface area (Å²) >= 11 is 4.00. The van der Waals surface area contributed by atoms with Crippen molar-refractivity contribution in [1.82, 2.24) is 0 Å². The Kier molecular flexibility index (Phi) is 5.18. The third-order valence-electron chi connectivity index (χ3n) is 10.6. The van der Waals surface area contributed by atoms with E-state index in [1.54, 1.807) is 11.1 Å². The van der Waals surface area contributed by atoms with Gasteiger partial charge in [-0.25, -0.2) is 0 Å². The van der Waals surface area contributed by atoms with Crippen LogP contribution in [0.3, 0.4) is 0 Å². The van der Waals surface area contributed by atoms with Gasteiger partial charge in [0.2, 0.25) is 0 Å². The fourth-order valence-corrected chi connectivity index (χ4v) is 10.4. The van der Waals surface area contributed by atoms with Gasteiger partial charge >= 0.3 is 0 Å². The van der Waals surface area contributed by atoms with Crippen LogP contribution < -0.4 is 0 Å². The van der Waals surface area contributed by atoms with Gasteiger partial charge in [-0.05, 0) is 101 Å². The fraction of sp³-hybridized carbons (Fsp3) is 0.613. The molecule has 0 bridgehead atoms. The van der Waals surface area contributed by atoms with Crippen LogP contribution in [0.15, 0.2) is 48.5 Å². The van der Waals surface area contributed by atoms with E-state index in [1.165, 1.54) is 43.2 Å². The molecule has 0 N–H and O–H groups in total. The van der Waals surface area contributed by atoms with Crippen LogP contribution in [0.4, 0.5) is 0 Å². The second-order valence-electron chi connectivity index (χ2n) is 12.4. The lowest BCUT2D eigenvalue weighted by Gasteiger charge is -2.51. The first-order chi connectivity index (χ1) is 15.4. The zero-order valence-electron chi connectivity index (χ0n) is 20.2. The highest BCUT2D eigenvalue weighted by Crippen LogP contribution is 2.65. The van der Waals surface area contributed by atoms with Crippen LogP contribution in [0.5, 0.6) is 0 Å². The van der Waals surface area contributed by atoms with Gasteiger partial charge in [-0.1, -0.05) is 92.2 Å². The van der Waals surface area contributed by atoms with Crippen molar-refractivity contribution in [3.05, 3.63) is 59.7 Å². The minimum Gasteiger partial charge on any atom is -0.0891 e. The Morgan fingerprint density at radius 1 is 0.750 bits per heavy atom. The number of benzene rings is 2. The summed E-state index contributed by atoms with van der Waals surface area (Å²) in [6, 6.07) is 18.5. The van der Waals surface area contributed by atoms with Crippen molar-refractivity contribution in [2.75, 3.05) is 0 Å². The molecule has 8 unspecified atom stereocenters. The van der Waals surface area contributed by atoms with Gasteiger partial charge in [-0.15, -0.1) is 0 Å². The lowest BCUT2D eigenvalue weighted by molar-refractivity contribution is -0.00448. The molecule has 0 aromatic heterocycles. The van der Waals surface area contributed by atoms with E-state index in [9.17, 15) is 0 Å². The number of hydrogen-bond donors (Lipinski definition) is 0. The molecule has 3 saturated carbocycles. The zero-order valence-corrected chi connectivity index (χ0v) is 21.8. The van der Waals surface area contributed by atoms with Crippen molar-refractivity contribution in [2.24, 2.45) is 46.8 Å². The first kappa shape index (κ1) is 21.5. The summed E-state index contributed by atoms with van der Waals surface area (Å²) in [5.74, 6) is 6.80. The lowest BCUT2D eigenvalue weighted by atomic mass is 9.54. The molecule has 4 aliphatic carbocycles. The maximum Gasteiger partial charge on any atom is 0.0156 e. The Hall–Kier alpha value is -1.08. The third-order valence-corrected chi connectivity index (χ3v) is 11.4. The SMILES string of the molecule is CC1CC2C(C)C3CCC(Br)CC3CC2C1C(C)(C)C1c2ccccc2-c2ccccc21. The van der Waals surface area contributed by atoms with Crippen molar-refractivity contribution in [2.45, 2.75) is 70.5 Å². The van der Waals surface area contributed by atoms with Crippen LogP contribution in [0.1, 0.15) is 76.8 Å². The topological polar surface area (TPSA) is 0 Å². The molecule has 4 aliphatic rings. The standard InChI is InChI=1S/C31H39Br/c1-18-15-27-19(2)22-14-13-21(32)16-20(22)17-28(27)29(18)31(3,4)30-25-11-7-5-9-23(25)24-10-6-8-12-26(24)30/h5-12,18-22,27-30H,13-17H2,1-4H3. The average molecular weight is 492 g/mol. The number of hydrogen-bond acceptors (Lipinski definition) is 0. The van der Waals surface area contributed by atoms with Gasteiger partial charge in [0.15, 0.2) is 0 Å². The van der Waals surface area contributed by atoms with E-state index < -0.39 is 0 Å². The smallest absolute Gasteiger partial charge is 0.0156 e. The van der Waals surface area contributed by atoms with Gasteiger partial charge in [0.25, 0.3) is 0 Å². The molecule has 2 aromatic rings. The van der Waals surface area contributed by atoms with Crippen LogP contribution in [-0.2, 0) is 0 Å². The quantitative estimate of drug-likeness (QED) is 0.368. The van der Waals surface area contributed by atoms with Crippen molar-refractivity contribution in [3.63, 3.8) is 0 Å². The Balaban J connectivity index is 1.40. The molecule has 6 rings (SSSR count). The molecule has 2 aromatic carbocycles. The molecular weight excluding hydrogens is 452 g/mol. The summed E-state index contributed by atoms with van der Waals surface area (Å²) in [4.78, 5) is 0.756. The van der Waals surface area contributed by atoms with E-state index >= 15 is 0 Å². The number of halogens is 1. The van der Waals surface area contributed by atoms with Gasteiger partial charge in [0.1, 0.15) is 0 Å². The summed E-state index contributed by atoms with van der Waals surface area (Å²) in [5, 5.41) is 0. The largest absolute Gasteiger partial charge is 0.0891 e. The van der Waals surface area contributed by atoms with Crippen LogP contribution in [0.25, 0.3) is 11.1 Å². The second kappa shape index (κ2) is 7.72. The van der Waals surface area contributed by atoms with Crippen LogP contribution in [-0.4, -0.2) is 4.83 Å².